The number of rotatable bonds is 3. The first kappa shape index (κ1) is 10.6. The Bertz CT molecular complexity index is 326. The lowest BCUT2D eigenvalue weighted by Gasteiger charge is -2.05. The van der Waals surface area contributed by atoms with Crippen LogP contribution in [0.15, 0.2) is 24.3 Å². The predicted octanol–water partition coefficient (Wildman–Crippen LogP) is 1.88. The number of methoxy groups -OCH3 is 1. The lowest BCUT2D eigenvalue weighted by Crippen LogP contribution is -2.19. The molecule has 0 aromatic heterocycles. The van der Waals surface area contributed by atoms with Crippen LogP contribution < -0.4 is 0 Å². The number of benzene rings is 1. The van der Waals surface area contributed by atoms with Crippen LogP contribution in [0.4, 0.5) is 8.78 Å². The third-order valence-electron chi connectivity index (χ3n) is 1.76. The van der Waals surface area contributed by atoms with Crippen molar-refractivity contribution in [2.45, 2.75) is 12.6 Å². The molecular weight excluding hydrogens is 190 g/mol. The van der Waals surface area contributed by atoms with Gasteiger partial charge in [0.2, 0.25) is 6.17 Å². The van der Waals surface area contributed by atoms with Crippen molar-refractivity contribution in [3.63, 3.8) is 0 Å². The number of ether oxygens (including phenoxy) is 1. The maximum atomic E-state index is 13.0. The first-order valence-electron chi connectivity index (χ1n) is 4.10. The Morgan fingerprint density at radius 1 is 1.57 bits per heavy atom. The molecule has 0 saturated heterocycles. The summed E-state index contributed by atoms with van der Waals surface area (Å²) in [5, 5.41) is 0. The van der Waals surface area contributed by atoms with Crippen molar-refractivity contribution < 1.29 is 18.3 Å². The van der Waals surface area contributed by atoms with Crippen LogP contribution in [0.2, 0.25) is 0 Å². The Hall–Kier alpha value is -1.45. The molecule has 1 atom stereocenters. The highest BCUT2D eigenvalue weighted by Crippen LogP contribution is 2.09. The first-order chi connectivity index (χ1) is 6.63. The average molecular weight is 200 g/mol. The molecule has 0 radical (unpaired) electrons. The molecular formula is C10H10F2O2. The van der Waals surface area contributed by atoms with Crippen LogP contribution in [-0.4, -0.2) is 19.3 Å². The van der Waals surface area contributed by atoms with Gasteiger partial charge in [-0.05, 0) is 17.7 Å². The maximum Gasteiger partial charge on any atom is 0.340 e. The number of alkyl halides is 1. The summed E-state index contributed by atoms with van der Waals surface area (Å²) < 4.78 is 29.9. The summed E-state index contributed by atoms with van der Waals surface area (Å²) in [6, 6.07) is 5.47. The average Bonchev–Trinajstić information content (AvgIpc) is 2.16. The summed E-state index contributed by atoms with van der Waals surface area (Å²) in [5.41, 5.74) is 0.433. The van der Waals surface area contributed by atoms with Gasteiger partial charge in [0.15, 0.2) is 0 Å². The number of carbonyl (C=O) groups excluding carboxylic acids is 1. The molecule has 1 rings (SSSR count). The van der Waals surface area contributed by atoms with Gasteiger partial charge in [-0.25, -0.2) is 13.6 Å². The molecule has 76 valence electrons. The summed E-state index contributed by atoms with van der Waals surface area (Å²) in [5.74, 6) is -1.38. The van der Waals surface area contributed by atoms with Gasteiger partial charge in [0.25, 0.3) is 0 Å². The second-order valence-corrected chi connectivity index (χ2v) is 2.82. The molecule has 0 spiro atoms. The normalized spacial score (nSPS) is 12.2. The summed E-state index contributed by atoms with van der Waals surface area (Å²) in [6.45, 7) is 0. The predicted molar refractivity (Wildman–Crippen MR) is 47.0 cm³/mol. The molecule has 0 amide bonds. The van der Waals surface area contributed by atoms with E-state index >= 15 is 0 Å². The van der Waals surface area contributed by atoms with E-state index < -0.39 is 18.0 Å². The SMILES string of the molecule is COC(=O)C(F)Cc1cccc(F)c1. The molecule has 0 aliphatic carbocycles. The van der Waals surface area contributed by atoms with Crippen LogP contribution in [-0.2, 0) is 16.0 Å². The quantitative estimate of drug-likeness (QED) is 0.696. The zero-order valence-corrected chi connectivity index (χ0v) is 7.67. The van der Waals surface area contributed by atoms with Gasteiger partial charge in [-0.15, -0.1) is 0 Å². The molecule has 1 aromatic carbocycles. The van der Waals surface area contributed by atoms with Gasteiger partial charge in [0, 0.05) is 6.42 Å². The smallest absolute Gasteiger partial charge is 0.340 e. The number of esters is 1. The Balaban J connectivity index is 2.64. The van der Waals surface area contributed by atoms with Crippen LogP contribution in [0, 0.1) is 5.82 Å². The van der Waals surface area contributed by atoms with Crippen LogP contribution >= 0.6 is 0 Å². The highest BCUT2D eigenvalue weighted by molar-refractivity contribution is 5.74. The van der Waals surface area contributed by atoms with Gasteiger partial charge in [-0.2, -0.15) is 0 Å². The minimum atomic E-state index is -1.73. The Morgan fingerprint density at radius 3 is 2.86 bits per heavy atom. The summed E-state index contributed by atoms with van der Waals surface area (Å²) in [6.07, 6.45) is -1.90. The summed E-state index contributed by atoms with van der Waals surface area (Å²) in [4.78, 5) is 10.7. The van der Waals surface area contributed by atoms with Crippen LogP contribution in [0.5, 0.6) is 0 Å². The zero-order valence-electron chi connectivity index (χ0n) is 7.67. The first-order valence-corrected chi connectivity index (χ1v) is 4.10. The molecule has 0 N–H and O–H groups in total. The molecule has 0 fully saturated rings. The Kier molecular flexibility index (Phi) is 3.56. The molecule has 0 aliphatic rings. The molecule has 0 bridgehead atoms. The third kappa shape index (κ3) is 2.80. The standard InChI is InChI=1S/C10H10F2O2/c1-14-10(13)9(12)6-7-3-2-4-8(11)5-7/h2-5,9H,6H2,1H3. The van der Waals surface area contributed by atoms with Crippen molar-refractivity contribution in [3.05, 3.63) is 35.6 Å². The minimum absolute atomic E-state index is 0.162. The van der Waals surface area contributed by atoms with Crippen LogP contribution in [0.3, 0.4) is 0 Å². The van der Waals surface area contributed by atoms with Crippen LogP contribution in [0.1, 0.15) is 5.56 Å². The lowest BCUT2D eigenvalue weighted by molar-refractivity contribution is -0.146. The second-order valence-electron chi connectivity index (χ2n) is 2.82. The van der Waals surface area contributed by atoms with Crippen molar-refractivity contribution in [3.8, 4) is 0 Å². The van der Waals surface area contributed by atoms with Gasteiger partial charge in [0.1, 0.15) is 5.82 Å². The minimum Gasteiger partial charge on any atom is -0.467 e. The fourth-order valence-electron chi connectivity index (χ4n) is 1.08. The fraction of sp³-hybridized carbons (Fsp3) is 0.300. The monoisotopic (exact) mass is 200 g/mol. The van der Waals surface area contributed by atoms with E-state index in [2.05, 4.69) is 4.74 Å². The third-order valence-corrected chi connectivity index (χ3v) is 1.76. The lowest BCUT2D eigenvalue weighted by atomic mass is 10.1. The molecule has 2 nitrogen and oxygen atoms in total. The molecule has 0 saturated carbocycles. The van der Waals surface area contributed by atoms with Gasteiger partial charge in [0.05, 0.1) is 7.11 Å². The zero-order chi connectivity index (χ0) is 10.6. The molecule has 1 aromatic rings. The molecule has 0 aliphatic heterocycles. The molecule has 0 heterocycles. The number of hydrogen-bond donors (Lipinski definition) is 0. The highest BCUT2D eigenvalue weighted by atomic mass is 19.1. The Labute approximate surface area is 80.5 Å². The largest absolute Gasteiger partial charge is 0.467 e. The maximum absolute atomic E-state index is 13.0. The van der Waals surface area contributed by atoms with Gasteiger partial charge in [-0.3, -0.25) is 0 Å². The van der Waals surface area contributed by atoms with Crippen molar-refractivity contribution in [2.75, 3.05) is 7.11 Å². The van der Waals surface area contributed by atoms with Crippen molar-refractivity contribution in [1.29, 1.82) is 0 Å². The summed E-state index contributed by atoms with van der Waals surface area (Å²) >= 11 is 0. The number of carbonyl (C=O) groups is 1. The van der Waals surface area contributed by atoms with E-state index in [-0.39, 0.29) is 6.42 Å². The van der Waals surface area contributed by atoms with E-state index in [0.717, 1.165) is 7.11 Å². The van der Waals surface area contributed by atoms with Gasteiger partial charge in [-0.1, -0.05) is 12.1 Å². The van der Waals surface area contributed by atoms with E-state index in [0.29, 0.717) is 5.56 Å². The highest BCUT2D eigenvalue weighted by Gasteiger charge is 2.18. The molecule has 4 heteroatoms. The van der Waals surface area contributed by atoms with E-state index in [1.807, 2.05) is 0 Å². The molecule has 14 heavy (non-hydrogen) atoms. The van der Waals surface area contributed by atoms with Gasteiger partial charge < -0.3 is 4.74 Å². The number of hydrogen-bond acceptors (Lipinski definition) is 2. The fourth-order valence-corrected chi connectivity index (χ4v) is 1.08. The number of halogens is 2. The topological polar surface area (TPSA) is 26.3 Å². The summed E-state index contributed by atoms with van der Waals surface area (Å²) in [7, 11) is 1.11. The van der Waals surface area contributed by atoms with Gasteiger partial charge >= 0.3 is 5.97 Å². The van der Waals surface area contributed by atoms with E-state index in [1.165, 1.54) is 18.2 Å². The van der Waals surface area contributed by atoms with Crippen molar-refractivity contribution in [2.24, 2.45) is 0 Å². The van der Waals surface area contributed by atoms with E-state index in [1.54, 1.807) is 6.07 Å². The van der Waals surface area contributed by atoms with E-state index in [9.17, 15) is 13.6 Å². The Morgan fingerprint density at radius 2 is 2.29 bits per heavy atom. The second kappa shape index (κ2) is 4.69. The molecule has 1 unspecified atom stereocenters. The van der Waals surface area contributed by atoms with Crippen molar-refractivity contribution >= 4 is 5.97 Å². The van der Waals surface area contributed by atoms with Crippen molar-refractivity contribution in [1.82, 2.24) is 0 Å². The van der Waals surface area contributed by atoms with Crippen LogP contribution in [0.25, 0.3) is 0 Å². The van der Waals surface area contributed by atoms with E-state index in [4.69, 9.17) is 0 Å².